The summed E-state index contributed by atoms with van der Waals surface area (Å²) in [7, 11) is 4.14. The molecule has 1 atom stereocenters. The lowest BCUT2D eigenvalue weighted by Crippen LogP contribution is -2.61. The maximum Gasteiger partial charge on any atom is 0.229 e. The lowest BCUT2D eigenvalue weighted by Gasteiger charge is -2.53. The highest BCUT2D eigenvalue weighted by Crippen LogP contribution is 2.38. The molecule has 188 valence electrons. The van der Waals surface area contributed by atoms with Crippen LogP contribution in [0.2, 0.25) is 0 Å². The second kappa shape index (κ2) is 9.59. The van der Waals surface area contributed by atoms with Crippen LogP contribution in [0.3, 0.4) is 0 Å². The fourth-order valence-corrected chi connectivity index (χ4v) is 5.33. The molecule has 0 bridgehead atoms. The van der Waals surface area contributed by atoms with Gasteiger partial charge in [0.15, 0.2) is 11.6 Å². The molecule has 2 aliphatic heterocycles. The molecule has 1 aromatic carbocycles. The summed E-state index contributed by atoms with van der Waals surface area (Å²) in [4.78, 5) is 15.3. The molecule has 2 N–H and O–H groups in total. The summed E-state index contributed by atoms with van der Waals surface area (Å²) in [6.45, 7) is 11.3. The Balaban J connectivity index is 1.43. The number of piperazine rings is 1. The largest absolute Gasteiger partial charge is 0.368 e. The molecule has 0 aliphatic carbocycles. The summed E-state index contributed by atoms with van der Waals surface area (Å²) in [5.74, 6) is 0.111. The second-order valence-corrected chi connectivity index (χ2v) is 11.1. The molecule has 2 aliphatic rings. The number of hydrogen-bond donors (Lipinski definition) is 2. The van der Waals surface area contributed by atoms with Crippen molar-refractivity contribution in [2.75, 3.05) is 49.3 Å². The fourth-order valence-electron chi connectivity index (χ4n) is 5.33. The molecular weight excluding hydrogens is 443 g/mol. The summed E-state index contributed by atoms with van der Waals surface area (Å²) in [5.41, 5.74) is 1.86. The normalized spacial score (nSPS) is 23.0. The molecule has 1 aromatic heterocycles. The van der Waals surface area contributed by atoms with Crippen molar-refractivity contribution in [1.82, 2.24) is 19.8 Å². The first-order valence-electron chi connectivity index (χ1n) is 12.2. The van der Waals surface area contributed by atoms with Crippen LogP contribution in [0.1, 0.15) is 40.5 Å². The number of likely N-dealkylation sites (N-methyl/N-ethyl adjacent to an activating group) is 1. The van der Waals surface area contributed by atoms with Gasteiger partial charge in [-0.1, -0.05) is 0 Å². The number of nitriles is 1. The second-order valence-electron chi connectivity index (χ2n) is 11.1. The van der Waals surface area contributed by atoms with Gasteiger partial charge in [-0.3, -0.25) is 9.80 Å². The minimum atomic E-state index is -0.456. The number of hydrogen-bond acceptors (Lipinski definition) is 8. The lowest BCUT2D eigenvalue weighted by molar-refractivity contribution is -0.00778. The molecule has 0 saturated carbocycles. The first kappa shape index (κ1) is 25.1. The van der Waals surface area contributed by atoms with Crippen LogP contribution in [0.5, 0.6) is 0 Å². The van der Waals surface area contributed by atoms with Crippen molar-refractivity contribution in [3.63, 3.8) is 0 Å². The van der Waals surface area contributed by atoms with Gasteiger partial charge in [0, 0.05) is 48.1 Å². The first-order chi connectivity index (χ1) is 16.5. The number of nitrogens with zero attached hydrogens (tertiary/aromatic N) is 6. The molecule has 3 heterocycles. The van der Waals surface area contributed by atoms with Crippen LogP contribution in [-0.2, 0) is 0 Å². The van der Waals surface area contributed by atoms with E-state index in [4.69, 9.17) is 0 Å². The van der Waals surface area contributed by atoms with E-state index < -0.39 is 5.82 Å². The number of aromatic nitrogens is 2. The van der Waals surface area contributed by atoms with Crippen molar-refractivity contribution in [3.8, 4) is 6.07 Å². The lowest BCUT2D eigenvalue weighted by atomic mass is 9.77. The Bertz CT molecular complexity index is 1060. The van der Waals surface area contributed by atoms with Crippen molar-refractivity contribution in [1.29, 1.82) is 5.26 Å². The number of anilines is 4. The van der Waals surface area contributed by atoms with E-state index >= 15 is 0 Å². The Labute approximate surface area is 208 Å². The van der Waals surface area contributed by atoms with Gasteiger partial charge in [0.2, 0.25) is 5.95 Å². The third-order valence-electron chi connectivity index (χ3n) is 7.68. The van der Waals surface area contributed by atoms with Crippen LogP contribution in [0, 0.1) is 17.1 Å². The Morgan fingerprint density at radius 3 is 2.34 bits per heavy atom. The van der Waals surface area contributed by atoms with Crippen molar-refractivity contribution < 1.29 is 4.39 Å². The molecule has 4 rings (SSSR count). The fraction of sp³-hybridized carbons (Fsp3) is 0.577. The Kier molecular flexibility index (Phi) is 6.89. The van der Waals surface area contributed by atoms with Gasteiger partial charge >= 0.3 is 0 Å². The van der Waals surface area contributed by atoms with E-state index in [9.17, 15) is 9.65 Å². The van der Waals surface area contributed by atoms with Gasteiger partial charge in [-0.2, -0.15) is 10.2 Å². The third-order valence-corrected chi connectivity index (χ3v) is 7.68. The molecule has 0 spiro atoms. The summed E-state index contributed by atoms with van der Waals surface area (Å²) in [5, 5.41) is 15.9. The van der Waals surface area contributed by atoms with Crippen molar-refractivity contribution >= 4 is 23.1 Å². The molecule has 2 fully saturated rings. The topological polar surface area (TPSA) is 83.3 Å². The average Bonchev–Trinajstić information content (AvgIpc) is 2.80. The number of halogens is 1. The van der Waals surface area contributed by atoms with E-state index in [1.807, 2.05) is 31.3 Å². The van der Waals surface area contributed by atoms with Crippen LogP contribution in [-0.4, -0.2) is 76.7 Å². The van der Waals surface area contributed by atoms with Gasteiger partial charge in [-0.15, -0.1) is 0 Å². The Morgan fingerprint density at radius 1 is 1.06 bits per heavy atom. The number of rotatable bonds is 5. The van der Waals surface area contributed by atoms with Crippen LogP contribution in [0.4, 0.5) is 27.5 Å². The zero-order valence-corrected chi connectivity index (χ0v) is 21.6. The highest BCUT2D eigenvalue weighted by atomic mass is 19.1. The summed E-state index contributed by atoms with van der Waals surface area (Å²) < 4.78 is 14.6. The highest BCUT2D eigenvalue weighted by molar-refractivity contribution is 5.60. The third kappa shape index (κ3) is 5.49. The summed E-state index contributed by atoms with van der Waals surface area (Å²) in [6.07, 6.45) is 2.99. The van der Waals surface area contributed by atoms with E-state index in [0.717, 1.165) is 37.3 Å². The zero-order chi connectivity index (χ0) is 25.4. The molecule has 0 radical (unpaired) electrons. The average molecular weight is 481 g/mol. The van der Waals surface area contributed by atoms with E-state index in [-0.39, 0.29) is 29.0 Å². The minimum Gasteiger partial charge on any atom is -0.368 e. The molecule has 1 unspecified atom stereocenters. The van der Waals surface area contributed by atoms with Crippen molar-refractivity contribution in [2.24, 2.45) is 0 Å². The minimum absolute atomic E-state index is 0.0111. The Morgan fingerprint density at radius 2 is 1.71 bits per heavy atom. The monoisotopic (exact) mass is 480 g/mol. The van der Waals surface area contributed by atoms with E-state index in [2.05, 4.69) is 76.1 Å². The number of benzene rings is 1. The summed E-state index contributed by atoms with van der Waals surface area (Å²) >= 11 is 0. The zero-order valence-electron chi connectivity index (χ0n) is 21.6. The molecule has 2 aromatic rings. The molecule has 35 heavy (non-hydrogen) atoms. The van der Waals surface area contributed by atoms with Crippen LogP contribution < -0.4 is 15.5 Å². The van der Waals surface area contributed by atoms with Gasteiger partial charge in [0.1, 0.15) is 6.04 Å². The Hall–Kier alpha value is -2.96. The standard InChI is InChI=1S/C26H37FN8/c1-25(2)13-19(14-26(3,4)34(25)6)30-23-22(27)16-29-24(32-23)31-18-7-9-20(10-8-18)35-12-11-33(5)21(15-28)17-35/h7-10,16,19,21H,11-14,17H2,1-6H3,(H2,29,30,31,32). The van der Waals surface area contributed by atoms with E-state index in [1.165, 1.54) is 6.20 Å². The molecule has 8 nitrogen and oxygen atoms in total. The van der Waals surface area contributed by atoms with Crippen LogP contribution in [0.25, 0.3) is 0 Å². The van der Waals surface area contributed by atoms with Gasteiger partial charge in [0.25, 0.3) is 0 Å². The van der Waals surface area contributed by atoms with Gasteiger partial charge in [-0.05, 0) is 78.9 Å². The van der Waals surface area contributed by atoms with Crippen LogP contribution >= 0.6 is 0 Å². The molecule has 9 heteroatoms. The molecule has 0 amide bonds. The predicted octanol–water partition coefficient (Wildman–Crippen LogP) is 4.07. The van der Waals surface area contributed by atoms with Crippen molar-refractivity contribution in [2.45, 2.75) is 63.7 Å². The smallest absolute Gasteiger partial charge is 0.229 e. The number of likely N-dealkylation sites (tertiary alicyclic amines) is 1. The van der Waals surface area contributed by atoms with E-state index in [1.54, 1.807) is 0 Å². The number of piperidine rings is 1. The maximum atomic E-state index is 14.6. The van der Waals surface area contributed by atoms with Crippen molar-refractivity contribution in [3.05, 3.63) is 36.3 Å². The van der Waals surface area contributed by atoms with Gasteiger partial charge in [-0.25, -0.2) is 9.37 Å². The van der Waals surface area contributed by atoms with Crippen LogP contribution in [0.15, 0.2) is 30.5 Å². The SMILES string of the molecule is CN1CCN(c2ccc(Nc3ncc(F)c(NC4CC(C)(C)N(C)C(C)(C)C4)n3)cc2)CC1C#N. The van der Waals surface area contributed by atoms with Gasteiger partial charge < -0.3 is 15.5 Å². The first-order valence-corrected chi connectivity index (χ1v) is 12.2. The highest BCUT2D eigenvalue weighted by Gasteiger charge is 2.43. The quantitative estimate of drug-likeness (QED) is 0.663. The maximum absolute atomic E-state index is 14.6. The number of nitrogens with one attached hydrogen (secondary N) is 2. The molecular formula is C26H37FN8. The van der Waals surface area contributed by atoms with E-state index in [0.29, 0.717) is 12.5 Å². The predicted molar refractivity (Wildman–Crippen MR) is 139 cm³/mol. The van der Waals surface area contributed by atoms with Gasteiger partial charge in [0.05, 0.1) is 12.3 Å². The molecule has 2 saturated heterocycles. The summed E-state index contributed by atoms with van der Waals surface area (Å²) in [6, 6.07) is 10.3.